The molecule has 0 bridgehead atoms. The summed E-state index contributed by atoms with van der Waals surface area (Å²) >= 11 is 7.54. The van der Waals surface area contributed by atoms with Crippen LogP contribution in [0.25, 0.3) is 0 Å². The van der Waals surface area contributed by atoms with Gasteiger partial charge in [0.25, 0.3) is 5.69 Å². The summed E-state index contributed by atoms with van der Waals surface area (Å²) in [7, 11) is 0. The average molecular weight is 309 g/mol. The van der Waals surface area contributed by atoms with Crippen molar-refractivity contribution in [2.45, 2.75) is 18.9 Å². The molecule has 1 aliphatic rings. The van der Waals surface area contributed by atoms with Crippen molar-refractivity contribution in [2.75, 3.05) is 11.4 Å². The maximum atomic E-state index is 11.2. The standard InChI is InChI=1S/C14H13ClN2O2S/c15-11-3-4-13(14(8-11)17(18)19)16-6-1-2-12(16)10-5-7-20-9-10/h3-5,7-9,12H,1-2,6H2/t12-/m1/s1. The van der Waals surface area contributed by atoms with Crippen LogP contribution >= 0.6 is 22.9 Å². The monoisotopic (exact) mass is 308 g/mol. The lowest BCUT2D eigenvalue weighted by Crippen LogP contribution is -2.23. The predicted octanol–water partition coefficient (Wildman–Crippen LogP) is 4.65. The van der Waals surface area contributed by atoms with Gasteiger partial charge in [-0.2, -0.15) is 11.3 Å². The highest BCUT2D eigenvalue weighted by Crippen LogP contribution is 2.41. The van der Waals surface area contributed by atoms with Gasteiger partial charge in [-0.15, -0.1) is 0 Å². The van der Waals surface area contributed by atoms with E-state index < -0.39 is 0 Å². The average Bonchev–Trinajstić information content (AvgIpc) is 3.09. The molecule has 1 atom stereocenters. The van der Waals surface area contributed by atoms with Gasteiger partial charge in [-0.05, 0) is 47.4 Å². The van der Waals surface area contributed by atoms with Crippen molar-refractivity contribution in [3.05, 3.63) is 55.7 Å². The summed E-state index contributed by atoms with van der Waals surface area (Å²) in [5.74, 6) is 0. The van der Waals surface area contributed by atoms with Crippen LogP contribution in [-0.4, -0.2) is 11.5 Å². The van der Waals surface area contributed by atoms with Crippen molar-refractivity contribution in [3.8, 4) is 0 Å². The number of halogens is 1. The number of nitro groups is 1. The third kappa shape index (κ3) is 2.39. The fraction of sp³-hybridized carbons (Fsp3) is 0.286. The summed E-state index contributed by atoms with van der Waals surface area (Å²) in [6, 6.07) is 7.22. The second kappa shape index (κ2) is 5.42. The quantitative estimate of drug-likeness (QED) is 0.612. The van der Waals surface area contributed by atoms with Gasteiger partial charge in [0.1, 0.15) is 5.69 Å². The van der Waals surface area contributed by atoms with Gasteiger partial charge in [0.05, 0.1) is 11.0 Å². The Morgan fingerprint density at radius 3 is 2.95 bits per heavy atom. The van der Waals surface area contributed by atoms with Crippen LogP contribution in [-0.2, 0) is 0 Å². The Labute approximate surface area is 125 Å². The molecule has 0 unspecified atom stereocenters. The number of benzene rings is 1. The van der Waals surface area contributed by atoms with E-state index in [-0.39, 0.29) is 16.7 Å². The van der Waals surface area contributed by atoms with Crippen molar-refractivity contribution < 1.29 is 4.92 Å². The van der Waals surface area contributed by atoms with Gasteiger partial charge < -0.3 is 4.90 Å². The molecule has 0 N–H and O–H groups in total. The van der Waals surface area contributed by atoms with Crippen LogP contribution in [0, 0.1) is 10.1 Å². The van der Waals surface area contributed by atoms with Gasteiger partial charge in [-0.25, -0.2) is 0 Å². The molecule has 1 aromatic heterocycles. The van der Waals surface area contributed by atoms with Crippen LogP contribution in [0.4, 0.5) is 11.4 Å². The highest BCUT2D eigenvalue weighted by molar-refractivity contribution is 7.08. The van der Waals surface area contributed by atoms with E-state index in [1.54, 1.807) is 23.5 Å². The van der Waals surface area contributed by atoms with Crippen LogP contribution in [0.5, 0.6) is 0 Å². The van der Waals surface area contributed by atoms with Crippen LogP contribution in [0.15, 0.2) is 35.0 Å². The van der Waals surface area contributed by atoms with Crippen molar-refractivity contribution >= 4 is 34.3 Å². The molecule has 104 valence electrons. The van der Waals surface area contributed by atoms with E-state index in [4.69, 9.17) is 11.6 Å². The van der Waals surface area contributed by atoms with Crippen molar-refractivity contribution in [2.24, 2.45) is 0 Å². The Hall–Kier alpha value is -1.59. The summed E-state index contributed by atoms with van der Waals surface area (Å²) in [4.78, 5) is 13.0. The Morgan fingerprint density at radius 2 is 2.25 bits per heavy atom. The highest BCUT2D eigenvalue weighted by atomic mass is 35.5. The molecule has 1 saturated heterocycles. The first kappa shape index (κ1) is 13.4. The molecule has 3 rings (SSSR count). The highest BCUT2D eigenvalue weighted by Gasteiger charge is 2.31. The zero-order valence-electron chi connectivity index (χ0n) is 10.7. The normalized spacial score (nSPS) is 18.4. The van der Waals surface area contributed by atoms with Gasteiger partial charge in [-0.1, -0.05) is 11.6 Å². The number of nitrogens with zero attached hydrogens (tertiary/aromatic N) is 2. The minimum atomic E-state index is -0.357. The molecular formula is C14H13ClN2O2S. The summed E-state index contributed by atoms with van der Waals surface area (Å²) in [5, 5.41) is 15.8. The van der Waals surface area contributed by atoms with Gasteiger partial charge in [0.15, 0.2) is 0 Å². The maximum absolute atomic E-state index is 11.2. The molecule has 1 aliphatic heterocycles. The van der Waals surface area contributed by atoms with Crippen LogP contribution in [0.3, 0.4) is 0 Å². The number of thiophene rings is 1. The lowest BCUT2D eigenvalue weighted by Gasteiger charge is -2.26. The SMILES string of the molecule is O=[N+]([O-])c1cc(Cl)ccc1N1CCC[C@@H]1c1ccsc1. The van der Waals surface area contributed by atoms with Crippen LogP contribution in [0.2, 0.25) is 5.02 Å². The van der Waals surface area contributed by atoms with E-state index >= 15 is 0 Å². The number of anilines is 1. The number of nitro benzene ring substituents is 1. The number of hydrogen-bond acceptors (Lipinski definition) is 4. The van der Waals surface area contributed by atoms with E-state index in [0.717, 1.165) is 19.4 Å². The first-order chi connectivity index (χ1) is 9.66. The molecule has 4 nitrogen and oxygen atoms in total. The fourth-order valence-corrected chi connectivity index (χ4v) is 3.63. The van der Waals surface area contributed by atoms with E-state index in [1.807, 2.05) is 5.38 Å². The molecule has 6 heteroatoms. The lowest BCUT2D eigenvalue weighted by atomic mass is 10.1. The molecule has 0 spiro atoms. The predicted molar refractivity (Wildman–Crippen MR) is 81.7 cm³/mol. The second-order valence-corrected chi connectivity index (χ2v) is 6.01. The van der Waals surface area contributed by atoms with Crippen molar-refractivity contribution in [3.63, 3.8) is 0 Å². The molecule has 20 heavy (non-hydrogen) atoms. The summed E-state index contributed by atoms with van der Waals surface area (Å²) in [5.41, 5.74) is 1.98. The minimum absolute atomic E-state index is 0.0830. The zero-order valence-corrected chi connectivity index (χ0v) is 12.2. The molecule has 1 aromatic carbocycles. The number of rotatable bonds is 3. The van der Waals surface area contributed by atoms with Crippen LogP contribution < -0.4 is 4.90 Å². The fourth-order valence-electron chi connectivity index (χ4n) is 2.75. The molecule has 0 saturated carbocycles. The van der Waals surface area contributed by atoms with Gasteiger partial charge in [0.2, 0.25) is 0 Å². The summed E-state index contributed by atoms with van der Waals surface area (Å²) in [6.45, 7) is 0.836. The van der Waals surface area contributed by atoms with E-state index in [9.17, 15) is 10.1 Å². The lowest BCUT2D eigenvalue weighted by molar-refractivity contribution is -0.384. The molecule has 2 heterocycles. The minimum Gasteiger partial charge on any atom is -0.359 e. The summed E-state index contributed by atoms with van der Waals surface area (Å²) < 4.78 is 0. The molecule has 0 amide bonds. The van der Waals surface area contributed by atoms with Crippen molar-refractivity contribution in [1.82, 2.24) is 0 Å². The molecule has 2 aromatic rings. The third-order valence-corrected chi connectivity index (χ3v) is 4.56. The Bertz CT molecular complexity index is 630. The molecule has 1 fully saturated rings. The van der Waals surface area contributed by atoms with E-state index in [1.165, 1.54) is 11.6 Å². The van der Waals surface area contributed by atoms with Crippen LogP contribution in [0.1, 0.15) is 24.4 Å². The first-order valence-electron chi connectivity index (χ1n) is 6.39. The Balaban J connectivity index is 2.02. The second-order valence-electron chi connectivity index (χ2n) is 4.80. The van der Waals surface area contributed by atoms with Crippen molar-refractivity contribution in [1.29, 1.82) is 0 Å². The first-order valence-corrected chi connectivity index (χ1v) is 7.71. The Kier molecular flexibility index (Phi) is 3.63. The van der Waals surface area contributed by atoms with E-state index in [2.05, 4.69) is 16.3 Å². The third-order valence-electron chi connectivity index (χ3n) is 3.62. The molecule has 0 aliphatic carbocycles. The maximum Gasteiger partial charge on any atom is 0.294 e. The topological polar surface area (TPSA) is 46.4 Å². The number of hydrogen-bond donors (Lipinski definition) is 0. The molecule has 0 radical (unpaired) electrons. The van der Waals surface area contributed by atoms with E-state index in [0.29, 0.717) is 10.7 Å². The Morgan fingerprint density at radius 1 is 1.40 bits per heavy atom. The largest absolute Gasteiger partial charge is 0.359 e. The zero-order chi connectivity index (χ0) is 14.1. The smallest absolute Gasteiger partial charge is 0.294 e. The van der Waals surface area contributed by atoms with Gasteiger partial charge in [-0.3, -0.25) is 10.1 Å². The van der Waals surface area contributed by atoms with Gasteiger partial charge in [0, 0.05) is 17.6 Å². The molecular weight excluding hydrogens is 296 g/mol. The summed E-state index contributed by atoms with van der Waals surface area (Å²) in [6.07, 6.45) is 2.07. The van der Waals surface area contributed by atoms with Gasteiger partial charge >= 0.3 is 0 Å².